The molecule has 8 heteroatoms. The van der Waals surface area contributed by atoms with E-state index in [1.54, 1.807) is 18.0 Å². The summed E-state index contributed by atoms with van der Waals surface area (Å²) in [5, 5.41) is 5.77. The van der Waals surface area contributed by atoms with Gasteiger partial charge in [0, 0.05) is 55.1 Å². The summed E-state index contributed by atoms with van der Waals surface area (Å²) in [6.07, 6.45) is -0.310. The summed E-state index contributed by atoms with van der Waals surface area (Å²) < 4.78 is 11.4. The number of nitrogens with zero attached hydrogens (tertiary/aromatic N) is 1. The van der Waals surface area contributed by atoms with Crippen LogP contribution in [-0.4, -0.2) is 61.2 Å². The van der Waals surface area contributed by atoms with Gasteiger partial charge in [0.15, 0.2) is 0 Å². The van der Waals surface area contributed by atoms with E-state index in [2.05, 4.69) is 10.6 Å². The number of fused-ring (bicyclic) bond motifs is 2. The van der Waals surface area contributed by atoms with E-state index < -0.39 is 5.60 Å². The zero-order valence-electron chi connectivity index (χ0n) is 20.5. The first-order valence-corrected chi connectivity index (χ1v) is 12.0. The highest BCUT2D eigenvalue weighted by atomic mass is 16.6. The number of carbonyl (C=O) groups excluding carboxylic acids is 3. The third kappa shape index (κ3) is 4.45. The van der Waals surface area contributed by atoms with Gasteiger partial charge < -0.3 is 25.0 Å². The lowest BCUT2D eigenvalue weighted by atomic mass is 9.90. The van der Waals surface area contributed by atoms with Gasteiger partial charge in [0.1, 0.15) is 11.4 Å². The fraction of sp³-hybridized carbons (Fsp3) is 0.444. The molecule has 0 unspecified atom stereocenters. The Morgan fingerprint density at radius 1 is 1.03 bits per heavy atom. The number of rotatable bonds is 4. The fourth-order valence-electron chi connectivity index (χ4n) is 5.17. The average Bonchev–Trinajstić information content (AvgIpc) is 3.18. The van der Waals surface area contributed by atoms with E-state index in [1.807, 2.05) is 57.2 Å². The molecule has 35 heavy (non-hydrogen) atoms. The maximum absolute atomic E-state index is 13.2. The van der Waals surface area contributed by atoms with Gasteiger partial charge in [-0.15, -0.1) is 0 Å². The molecule has 0 bridgehead atoms. The van der Waals surface area contributed by atoms with Crippen LogP contribution in [0.1, 0.15) is 58.5 Å². The van der Waals surface area contributed by atoms with E-state index in [0.717, 1.165) is 11.1 Å². The van der Waals surface area contributed by atoms with Crippen molar-refractivity contribution in [1.29, 1.82) is 0 Å². The quantitative estimate of drug-likeness (QED) is 0.705. The molecule has 2 aromatic rings. The third-order valence-electron chi connectivity index (χ3n) is 6.97. The molecule has 2 heterocycles. The van der Waals surface area contributed by atoms with Crippen LogP contribution in [0.25, 0.3) is 0 Å². The molecule has 3 aliphatic rings. The van der Waals surface area contributed by atoms with Crippen molar-refractivity contribution in [2.45, 2.75) is 38.3 Å². The van der Waals surface area contributed by atoms with Crippen molar-refractivity contribution in [3.05, 3.63) is 64.7 Å². The van der Waals surface area contributed by atoms with Crippen LogP contribution in [0.15, 0.2) is 42.5 Å². The second-order valence-corrected chi connectivity index (χ2v) is 10.5. The highest BCUT2D eigenvalue weighted by molar-refractivity contribution is 6.02. The van der Waals surface area contributed by atoms with Crippen LogP contribution in [0, 0.1) is 11.8 Å². The molecule has 0 aromatic heterocycles. The normalized spacial score (nSPS) is 24.2. The summed E-state index contributed by atoms with van der Waals surface area (Å²) in [6, 6.07) is 13.4. The Labute approximate surface area is 205 Å². The van der Waals surface area contributed by atoms with Crippen LogP contribution < -0.4 is 15.4 Å². The average molecular weight is 478 g/mol. The zero-order chi connectivity index (χ0) is 24.9. The molecule has 8 nitrogen and oxygen atoms in total. The van der Waals surface area contributed by atoms with Gasteiger partial charge in [-0.3, -0.25) is 9.59 Å². The minimum absolute atomic E-state index is 0.0130. The van der Waals surface area contributed by atoms with Crippen LogP contribution in [0.3, 0.4) is 0 Å². The van der Waals surface area contributed by atoms with Crippen molar-refractivity contribution in [1.82, 2.24) is 15.5 Å². The molecule has 0 spiro atoms. The van der Waals surface area contributed by atoms with Crippen LogP contribution in [0.2, 0.25) is 0 Å². The number of amides is 3. The second kappa shape index (κ2) is 8.59. The lowest BCUT2D eigenvalue weighted by molar-refractivity contribution is 0.0269. The van der Waals surface area contributed by atoms with E-state index in [4.69, 9.17) is 9.47 Å². The predicted molar refractivity (Wildman–Crippen MR) is 130 cm³/mol. The Hall–Kier alpha value is -3.55. The van der Waals surface area contributed by atoms with E-state index >= 15 is 0 Å². The zero-order valence-corrected chi connectivity index (χ0v) is 20.5. The number of ether oxygens (including phenoxy) is 2. The monoisotopic (exact) mass is 477 g/mol. The first kappa shape index (κ1) is 23.2. The number of hydrogen-bond donors (Lipinski definition) is 2. The molecule has 2 N–H and O–H groups in total. The van der Waals surface area contributed by atoms with E-state index in [-0.39, 0.29) is 41.7 Å². The van der Waals surface area contributed by atoms with Crippen molar-refractivity contribution in [2.24, 2.45) is 11.8 Å². The van der Waals surface area contributed by atoms with E-state index in [0.29, 0.717) is 36.6 Å². The summed E-state index contributed by atoms with van der Waals surface area (Å²) in [7, 11) is 1.56. The highest BCUT2D eigenvalue weighted by Gasteiger charge is 2.58. The Morgan fingerprint density at radius 2 is 1.71 bits per heavy atom. The van der Waals surface area contributed by atoms with Gasteiger partial charge >= 0.3 is 6.09 Å². The summed E-state index contributed by atoms with van der Waals surface area (Å²) in [5.74, 6) is 0.413. The number of likely N-dealkylation sites (tertiary alicyclic amines) is 1. The maximum atomic E-state index is 13.2. The van der Waals surface area contributed by atoms with Gasteiger partial charge in [-0.2, -0.15) is 0 Å². The maximum Gasteiger partial charge on any atom is 0.410 e. The highest BCUT2D eigenvalue weighted by Crippen LogP contribution is 2.46. The van der Waals surface area contributed by atoms with Gasteiger partial charge in [-0.05, 0) is 38.5 Å². The molecule has 184 valence electrons. The second-order valence-electron chi connectivity index (χ2n) is 10.5. The first-order chi connectivity index (χ1) is 16.7. The molecule has 0 radical (unpaired) electrons. The molecule has 3 amide bonds. The van der Waals surface area contributed by atoms with Gasteiger partial charge in [0.25, 0.3) is 11.8 Å². The molecular formula is C27H31N3O5. The van der Waals surface area contributed by atoms with Gasteiger partial charge in [0.05, 0.1) is 12.2 Å². The number of nitrogens with one attached hydrogen (secondary N) is 2. The van der Waals surface area contributed by atoms with Crippen molar-refractivity contribution >= 4 is 17.9 Å². The molecule has 1 aliphatic carbocycles. The van der Waals surface area contributed by atoms with Crippen LogP contribution in [0.4, 0.5) is 4.79 Å². The number of hydrogen-bond acceptors (Lipinski definition) is 5. The Kier molecular flexibility index (Phi) is 5.69. The minimum Gasteiger partial charge on any atom is -0.491 e. The SMILES string of the molecule is CNC(=O)c1cc(C(=O)N[C@H]2[C@@H]3CN(C(=O)OC(C)(C)C)C[C@@H]32)cc2c1OC[C@H]2c1ccccc1. The van der Waals surface area contributed by atoms with Gasteiger partial charge in [0.2, 0.25) is 0 Å². The van der Waals surface area contributed by atoms with Crippen molar-refractivity contribution in [2.75, 3.05) is 26.7 Å². The summed E-state index contributed by atoms with van der Waals surface area (Å²) in [4.78, 5) is 39.9. The smallest absolute Gasteiger partial charge is 0.410 e. The van der Waals surface area contributed by atoms with Crippen LogP contribution in [-0.2, 0) is 4.74 Å². The molecule has 2 aliphatic heterocycles. The Morgan fingerprint density at radius 3 is 2.34 bits per heavy atom. The Balaban J connectivity index is 1.32. The summed E-state index contributed by atoms with van der Waals surface area (Å²) >= 11 is 0. The standard InChI is InChI=1S/C27H31N3O5/c1-27(2,3)35-26(33)30-12-19-20(13-30)22(19)29-24(31)16-10-17-21(15-8-6-5-7-9-15)14-34-23(17)18(11-16)25(32)28-4/h5-11,19-22H,12-14H2,1-4H3,(H,28,32)(H,29,31)/t19-,20+,21-,22+/m0/s1. The van der Waals surface area contributed by atoms with Gasteiger partial charge in [-0.25, -0.2) is 4.79 Å². The summed E-state index contributed by atoms with van der Waals surface area (Å²) in [6.45, 7) is 7.11. The third-order valence-corrected chi connectivity index (χ3v) is 6.97. The summed E-state index contributed by atoms with van der Waals surface area (Å²) in [5.41, 5.74) is 2.18. The number of carbonyl (C=O) groups is 3. The lowest BCUT2D eigenvalue weighted by Crippen LogP contribution is -2.40. The fourth-order valence-corrected chi connectivity index (χ4v) is 5.17. The predicted octanol–water partition coefficient (Wildman–Crippen LogP) is 3.17. The molecule has 5 rings (SSSR count). The lowest BCUT2D eigenvalue weighted by Gasteiger charge is -2.26. The van der Waals surface area contributed by atoms with Crippen molar-refractivity contribution in [3.63, 3.8) is 0 Å². The molecule has 2 aromatic carbocycles. The molecule has 4 atom stereocenters. The largest absolute Gasteiger partial charge is 0.491 e. The number of benzene rings is 2. The molecule has 1 saturated carbocycles. The Bertz CT molecular complexity index is 1160. The van der Waals surface area contributed by atoms with Crippen molar-refractivity contribution in [3.8, 4) is 5.75 Å². The topological polar surface area (TPSA) is 97.0 Å². The van der Waals surface area contributed by atoms with Crippen LogP contribution >= 0.6 is 0 Å². The van der Waals surface area contributed by atoms with Crippen LogP contribution in [0.5, 0.6) is 5.75 Å². The van der Waals surface area contributed by atoms with Crippen molar-refractivity contribution < 1.29 is 23.9 Å². The van der Waals surface area contributed by atoms with E-state index in [9.17, 15) is 14.4 Å². The molecule has 2 fully saturated rings. The molecule has 1 saturated heterocycles. The van der Waals surface area contributed by atoms with Gasteiger partial charge in [-0.1, -0.05) is 30.3 Å². The molecular weight excluding hydrogens is 446 g/mol. The number of piperidine rings is 1. The van der Waals surface area contributed by atoms with E-state index in [1.165, 1.54) is 0 Å². The first-order valence-electron chi connectivity index (χ1n) is 12.0. The minimum atomic E-state index is -0.533.